The molecule has 0 bridgehead atoms. The van der Waals surface area contributed by atoms with Gasteiger partial charge in [0, 0.05) is 26.6 Å². The number of nitrogens with one attached hydrogen (secondary N) is 1. The van der Waals surface area contributed by atoms with E-state index in [4.69, 9.17) is 23.2 Å². The first-order valence-electron chi connectivity index (χ1n) is 5.20. The van der Waals surface area contributed by atoms with Crippen LogP contribution in [0, 0.1) is 5.82 Å². The fourth-order valence-electron chi connectivity index (χ4n) is 1.52. The Morgan fingerprint density at radius 1 is 1.17 bits per heavy atom. The summed E-state index contributed by atoms with van der Waals surface area (Å²) in [5.41, 5.74) is 1.23. The molecular formula is C13H9BrCl2FN. The Morgan fingerprint density at radius 3 is 2.67 bits per heavy atom. The van der Waals surface area contributed by atoms with E-state index >= 15 is 0 Å². The molecule has 94 valence electrons. The van der Waals surface area contributed by atoms with Crippen LogP contribution in [0.2, 0.25) is 10.0 Å². The van der Waals surface area contributed by atoms with Crippen molar-refractivity contribution in [3.8, 4) is 0 Å². The lowest BCUT2D eigenvalue weighted by atomic mass is 10.2. The number of anilines is 1. The summed E-state index contributed by atoms with van der Waals surface area (Å²) in [7, 11) is 0. The van der Waals surface area contributed by atoms with Crippen LogP contribution in [0.1, 0.15) is 5.56 Å². The summed E-state index contributed by atoms with van der Waals surface area (Å²) >= 11 is 15.2. The molecule has 0 saturated carbocycles. The third kappa shape index (κ3) is 3.16. The van der Waals surface area contributed by atoms with Gasteiger partial charge in [0.05, 0.1) is 5.69 Å². The molecule has 1 nitrogen and oxygen atoms in total. The first kappa shape index (κ1) is 13.7. The van der Waals surface area contributed by atoms with Crippen LogP contribution >= 0.6 is 39.1 Å². The Balaban J connectivity index is 2.19. The third-order valence-corrected chi connectivity index (χ3v) is 3.73. The van der Waals surface area contributed by atoms with Gasteiger partial charge in [-0.2, -0.15) is 0 Å². The average Bonchev–Trinajstić information content (AvgIpc) is 2.33. The summed E-state index contributed by atoms with van der Waals surface area (Å²) in [6.45, 7) is 0.296. The molecule has 1 N–H and O–H groups in total. The Labute approximate surface area is 123 Å². The molecule has 2 rings (SSSR count). The number of rotatable bonds is 3. The quantitative estimate of drug-likeness (QED) is 0.771. The Hall–Kier alpha value is -0.770. The van der Waals surface area contributed by atoms with Crippen LogP contribution in [0.3, 0.4) is 0 Å². The van der Waals surface area contributed by atoms with E-state index in [0.29, 0.717) is 22.2 Å². The average molecular weight is 349 g/mol. The molecule has 0 amide bonds. The second-order valence-electron chi connectivity index (χ2n) is 3.68. The summed E-state index contributed by atoms with van der Waals surface area (Å²) in [5.74, 6) is -0.326. The van der Waals surface area contributed by atoms with E-state index in [0.717, 1.165) is 10.2 Å². The Bertz CT molecular complexity index is 555. The monoisotopic (exact) mass is 347 g/mol. The Kier molecular flexibility index (Phi) is 4.49. The zero-order valence-corrected chi connectivity index (χ0v) is 12.3. The van der Waals surface area contributed by atoms with Crippen molar-refractivity contribution < 1.29 is 4.39 Å². The lowest BCUT2D eigenvalue weighted by molar-refractivity contribution is 0.613. The smallest absolute Gasteiger partial charge is 0.129 e. The highest BCUT2D eigenvalue weighted by Gasteiger charge is 2.07. The van der Waals surface area contributed by atoms with Crippen LogP contribution in [0.25, 0.3) is 0 Å². The molecule has 0 aliphatic carbocycles. The van der Waals surface area contributed by atoms with Crippen molar-refractivity contribution in [1.29, 1.82) is 0 Å². The highest BCUT2D eigenvalue weighted by atomic mass is 79.9. The van der Waals surface area contributed by atoms with Gasteiger partial charge in [-0.15, -0.1) is 0 Å². The molecule has 0 spiro atoms. The molecule has 0 atom stereocenters. The van der Waals surface area contributed by atoms with Gasteiger partial charge in [-0.1, -0.05) is 29.3 Å². The SMILES string of the molecule is Fc1cccc(Cl)c1CNc1cc(Cl)ccc1Br. The van der Waals surface area contributed by atoms with Gasteiger partial charge in [-0.3, -0.25) is 0 Å². The first-order chi connectivity index (χ1) is 8.58. The zero-order valence-electron chi connectivity index (χ0n) is 9.18. The van der Waals surface area contributed by atoms with Gasteiger partial charge >= 0.3 is 0 Å². The lowest BCUT2D eigenvalue weighted by Crippen LogP contribution is -2.03. The van der Waals surface area contributed by atoms with E-state index in [1.165, 1.54) is 6.07 Å². The second kappa shape index (κ2) is 5.91. The molecule has 2 aromatic carbocycles. The van der Waals surface area contributed by atoms with Crippen molar-refractivity contribution in [2.75, 3.05) is 5.32 Å². The van der Waals surface area contributed by atoms with Crippen LogP contribution in [-0.2, 0) is 6.54 Å². The lowest BCUT2D eigenvalue weighted by Gasteiger charge is -2.11. The maximum Gasteiger partial charge on any atom is 0.129 e. The van der Waals surface area contributed by atoms with Gasteiger partial charge in [-0.25, -0.2) is 4.39 Å². The van der Waals surface area contributed by atoms with Gasteiger partial charge in [0.2, 0.25) is 0 Å². The summed E-state index contributed by atoms with van der Waals surface area (Å²) < 4.78 is 14.4. The van der Waals surface area contributed by atoms with E-state index in [2.05, 4.69) is 21.2 Å². The van der Waals surface area contributed by atoms with Crippen LogP contribution < -0.4 is 5.32 Å². The number of hydrogen-bond acceptors (Lipinski definition) is 1. The van der Waals surface area contributed by atoms with Crippen LogP contribution in [0.5, 0.6) is 0 Å². The molecule has 5 heteroatoms. The molecule has 0 radical (unpaired) electrons. The molecular weight excluding hydrogens is 340 g/mol. The molecule has 18 heavy (non-hydrogen) atoms. The van der Waals surface area contributed by atoms with E-state index in [1.54, 1.807) is 24.3 Å². The Morgan fingerprint density at radius 2 is 1.94 bits per heavy atom. The molecule has 0 heterocycles. The van der Waals surface area contributed by atoms with Crippen molar-refractivity contribution in [3.05, 3.63) is 62.3 Å². The molecule has 2 aromatic rings. The summed E-state index contributed by atoms with van der Waals surface area (Å²) in [6, 6.07) is 9.99. The minimum absolute atomic E-state index is 0.296. The predicted molar refractivity (Wildman–Crippen MR) is 77.9 cm³/mol. The fourth-order valence-corrected chi connectivity index (χ4v) is 2.31. The normalized spacial score (nSPS) is 10.4. The van der Waals surface area contributed by atoms with Crippen LogP contribution in [-0.4, -0.2) is 0 Å². The van der Waals surface area contributed by atoms with Gasteiger partial charge < -0.3 is 5.32 Å². The van der Waals surface area contributed by atoms with Crippen LogP contribution in [0.4, 0.5) is 10.1 Å². The highest BCUT2D eigenvalue weighted by Crippen LogP contribution is 2.27. The standard InChI is InChI=1S/C13H9BrCl2FN/c14-10-5-4-8(15)6-13(10)18-7-9-11(16)2-1-3-12(9)17/h1-6,18H,7H2. The van der Waals surface area contributed by atoms with Gasteiger partial charge in [0.15, 0.2) is 0 Å². The van der Waals surface area contributed by atoms with E-state index < -0.39 is 0 Å². The van der Waals surface area contributed by atoms with Crippen molar-refractivity contribution in [2.24, 2.45) is 0 Å². The van der Waals surface area contributed by atoms with Gasteiger partial charge in [-0.05, 0) is 46.3 Å². The maximum atomic E-state index is 13.6. The fraction of sp³-hybridized carbons (Fsp3) is 0.0769. The number of benzene rings is 2. The molecule has 0 saturated heterocycles. The van der Waals surface area contributed by atoms with E-state index in [-0.39, 0.29) is 5.82 Å². The second-order valence-corrected chi connectivity index (χ2v) is 5.38. The third-order valence-electron chi connectivity index (χ3n) is 2.45. The van der Waals surface area contributed by atoms with Gasteiger partial charge in [0.25, 0.3) is 0 Å². The minimum Gasteiger partial charge on any atom is -0.380 e. The molecule has 0 aliphatic heterocycles. The molecule has 0 aromatic heterocycles. The van der Waals surface area contributed by atoms with Crippen molar-refractivity contribution in [2.45, 2.75) is 6.54 Å². The summed E-state index contributed by atoms with van der Waals surface area (Å²) in [4.78, 5) is 0. The topological polar surface area (TPSA) is 12.0 Å². The highest BCUT2D eigenvalue weighted by molar-refractivity contribution is 9.10. The van der Waals surface area contributed by atoms with Crippen molar-refractivity contribution in [3.63, 3.8) is 0 Å². The molecule has 0 aliphatic rings. The molecule has 0 unspecified atom stereocenters. The largest absolute Gasteiger partial charge is 0.380 e. The molecule has 0 fully saturated rings. The maximum absolute atomic E-state index is 13.6. The predicted octanol–water partition coefficient (Wildman–Crippen LogP) is 5.51. The zero-order chi connectivity index (χ0) is 13.1. The first-order valence-corrected chi connectivity index (χ1v) is 6.74. The van der Waals surface area contributed by atoms with Crippen molar-refractivity contribution >= 4 is 44.8 Å². The van der Waals surface area contributed by atoms with E-state index in [9.17, 15) is 4.39 Å². The summed E-state index contributed by atoms with van der Waals surface area (Å²) in [6.07, 6.45) is 0. The number of halogens is 4. The summed E-state index contributed by atoms with van der Waals surface area (Å²) in [5, 5.41) is 4.11. The van der Waals surface area contributed by atoms with Crippen LogP contribution in [0.15, 0.2) is 40.9 Å². The van der Waals surface area contributed by atoms with Gasteiger partial charge in [0.1, 0.15) is 5.82 Å². The van der Waals surface area contributed by atoms with E-state index in [1.807, 2.05) is 6.07 Å². The minimum atomic E-state index is -0.326. The number of hydrogen-bond donors (Lipinski definition) is 1. The van der Waals surface area contributed by atoms with Crippen molar-refractivity contribution in [1.82, 2.24) is 0 Å².